The Bertz CT molecular complexity index is 1280. The lowest BCUT2D eigenvalue weighted by Crippen LogP contribution is -2.10. The third kappa shape index (κ3) is 6.71. The molecule has 0 amide bonds. The van der Waals surface area contributed by atoms with Crippen LogP contribution in [-0.2, 0) is 0 Å². The summed E-state index contributed by atoms with van der Waals surface area (Å²) in [5, 5.41) is 52.5. The second-order valence-electron chi connectivity index (χ2n) is 6.83. The van der Waals surface area contributed by atoms with Crippen LogP contribution >= 0.6 is 0 Å². The molecule has 0 atom stereocenters. The van der Waals surface area contributed by atoms with E-state index in [0.717, 1.165) is 18.2 Å². The number of benzene rings is 2. The summed E-state index contributed by atoms with van der Waals surface area (Å²) in [5.41, 5.74) is -0.944. The number of carbonyl (C=O) groups is 6. The van der Waals surface area contributed by atoms with Gasteiger partial charge < -0.3 is 30.6 Å². The van der Waals surface area contributed by atoms with E-state index in [1.165, 1.54) is 36.4 Å². The van der Waals surface area contributed by atoms with Gasteiger partial charge in [-0.25, -0.2) is 33.8 Å². The molecule has 0 saturated carbocycles. The van der Waals surface area contributed by atoms with Crippen LogP contribution in [0, 0.1) is 0 Å². The van der Waals surface area contributed by atoms with Crippen molar-refractivity contribution in [2.45, 2.75) is 0 Å². The number of carboxylic acids is 6. The average molecular weight is 497 g/mol. The number of pyridine rings is 1. The summed E-state index contributed by atoms with van der Waals surface area (Å²) >= 11 is 0. The Labute approximate surface area is 200 Å². The molecule has 184 valence electrons. The molecule has 0 saturated heterocycles. The summed E-state index contributed by atoms with van der Waals surface area (Å²) in [6, 6.07) is 11.0. The molecule has 2 aromatic carbocycles. The van der Waals surface area contributed by atoms with Gasteiger partial charge in [0.25, 0.3) is 0 Å². The van der Waals surface area contributed by atoms with Crippen molar-refractivity contribution in [3.8, 4) is 11.1 Å². The fraction of sp³-hybridized carbons (Fsp3) is 0. The van der Waals surface area contributed by atoms with Crippen molar-refractivity contribution >= 4 is 35.8 Å². The topological polar surface area (TPSA) is 237 Å². The minimum atomic E-state index is -1.49. The number of aromatic carboxylic acids is 6. The van der Waals surface area contributed by atoms with Crippen molar-refractivity contribution in [1.29, 1.82) is 0 Å². The van der Waals surface area contributed by atoms with Crippen LogP contribution in [0.2, 0.25) is 0 Å². The summed E-state index contributed by atoms with van der Waals surface area (Å²) < 4.78 is 0. The molecule has 13 heteroatoms. The first-order chi connectivity index (χ1) is 16.8. The van der Waals surface area contributed by atoms with E-state index < -0.39 is 52.8 Å². The molecule has 0 bridgehead atoms. The number of carboxylic acid groups (broad SMARTS) is 6. The van der Waals surface area contributed by atoms with Gasteiger partial charge in [-0.05, 0) is 53.6 Å². The Balaban J connectivity index is 0.000000269. The minimum absolute atomic E-state index is 0.0894. The van der Waals surface area contributed by atoms with Crippen molar-refractivity contribution in [2.75, 3.05) is 0 Å². The van der Waals surface area contributed by atoms with Gasteiger partial charge in [-0.15, -0.1) is 0 Å². The van der Waals surface area contributed by atoms with Crippen LogP contribution in [0.15, 0.2) is 54.6 Å². The maximum absolute atomic E-state index is 11.0. The first-order valence-electron chi connectivity index (χ1n) is 9.47. The maximum Gasteiger partial charge on any atom is 0.354 e. The third-order valence-corrected chi connectivity index (χ3v) is 4.40. The number of hydrogen-bond acceptors (Lipinski definition) is 7. The second-order valence-corrected chi connectivity index (χ2v) is 6.83. The molecular weight excluding hydrogens is 482 g/mol. The molecule has 3 rings (SSSR count). The van der Waals surface area contributed by atoms with Crippen LogP contribution in [-0.4, -0.2) is 71.4 Å². The summed E-state index contributed by atoms with van der Waals surface area (Å²) in [4.78, 5) is 67.6. The Hall–Kier alpha value is -5.59. The van der Waals surface area contributed by atoms with E-state index in [2.05, 4.69) is 4.98 Å². The van der Waals surface area contributed by atoms with Gasteiger partial charge in [-0.1, -0.05) is 12.1 Å². The van der Waals surface area contributed by atoms with E-state index in [1.807, 2.05) is 0 Å². The summed E-state index contributed by atoms with van der Waals surface area (Å²) in [6.07, 6.45) is 0. The van der Waals surface area contributed by atoms with Crippen LogP contribution in [0.25, 0.3) is 11.1 Å². The smallest absolute Gasteiger partial charge is 0.354 e. The molecule has 0 unspecified atom stereocenters. The SMILES string of the molecule is O=C(O)c1cc(C(=O)O)nc(C(=O)O)c1.O=C(O)c1ccc(-c2cc(C(=O)O)cc(C(=O)O)c2)cc1. The predicted molar refractivity (Wildman–Crippen MR) is 118 cm³/mol. The number of nitrogens with zero attached hydrogens (tertiary/aromatic N) is 1. The van der Waals surface area contributed by atoms with Crippen molar-refractivity contribution in [1.82, 2.24) is 4.98 Å². The highest BCUT2D eigenvalue weighted by Gasteiger charge is 2.16. The van der Waals surface area contributed by atoms with Gasteiger partial charge in [-0.3, -0.25) is 0 Å². The van der Waals surface area contributed by atoms with Crippen LogP contribution < -0.4 is 0 Å². The fourth-order valence-electron chi connectivity index (χ4n) is 2.72. The monoisotopic (exact) mass is 497 g/mol. The van der Waals surface area contributed by atoms with Crippen molar-refractivity contribution in [3.63, 3.8) is 0 Å². The van der Waals surface area contributed by atoms with Crippen LogP contribution in [0.5, 0.6) is 0 Å². The molecule has 0 spiro atoms. The summed E-state index contributed by atoms with van der Waals surface area (Å²) in [6.45, 7) is 0. The lowest BCUT2D eigenvalue weighted by molar-refractivity contribution is 0.0665. The van der Waals surface area contributed by atoms with E-state index in [4.69, 9.17) is 30.6 Å². The Morgan fingerprint density at radius 2 is 0.778 bits per heavy atom. The van der Waals surface area contributed by atoms with E-state index in [0.29, 0.717) is 11.1 Å². The predicted octanol–water partition coefficient (Wildman–Crippen LogP) is 2.62. The van der Waals surface area contributed by atoms with E-state index in [-0.39, 0.29) is 16.7 Å². The van der Waals surface area contributed by atoms with Crippen molar-refractivity contribution < 1.29 is 59.4 Å². The second kappa shape index (κ2) is 11.0. The van der Waals surface area contributed by atoms with Gasteiger partial charge in [-0.2, -0.15) is 0 Å². The molecule has 0 radical (unpaired) electrons. The first-order valence-corrected chi connectivity index (χ1v) is 9.47. The maximum atomic E-state index is 11.0. The van der Waals surface area contributed by atoms with Gasteiger partial charge in [0.2, 0.25) is 0 Å². The molecule has 6 N–H and O–H groups in total. The summed E-state index contributed by atoms with van der Waals surface area (Å²) in [7, 11) is 0. The lowest BCUT2D eigenvalue weighted by Gasteiger charge is -2.06. The molecule has 0 aliphatic heterocycles. The Kier molecular flexibility index (Phi) is 8.16. The molecule has 1 heterocycles. The molecule has 1 aromatic heterocycles. The number of aromatic nitrogens is 1. The number of rotatable bonds is 7. The normalized spacial score (nSPS) is 9.89. The summed E-state index contributed by atoms with van der Waals surface area (Å²) in [5.74, 6) is -7.93. The molecule has 13 nitrogen and oxygen atoms in total. The largest absolute Gasteiger partial charge is 0.478 e. The van der Waals surface area contributed by atoms with E-state index in [1.54, 1.807) is 0 Å². The average Bonchev–Trinajstić information content (AvgIpc) is 2.83. The van der Waals surface area contributed by atoms with E-state index >= 15 is 0 Å². The van der Waals surface area contributed by atoms with Gasteiger partial charge in [0, 0.05) is 0 Å². The zero-order valence-electron chi connectivity index (χ0n) is 17.8. The quantitative estimate of drug-likeness (QED) is 0.275. The standard InChI is InChI=1S/C15H10O6.C8H5NO6/c16-13(17)9-3-1-8(2-4-9)10-5-11(14(18)19)7-12(6-10)15(20)21;10-6(11)3-1-4(7(12)13)9-5(2-3)8(14)15/h1-7H,(H,16,17)(H,18,19)(H,20,21);1-2H,(H,10,11)(H,12,13)(H,14,15). The van der Waals surface area contributed by atoms with Crippen LogP contribution in [0.1, 0.15) is 62.4 Å². The molecular formula is C23H15NO12. The highest BCUT2D eigenvalue weighted by atomic mass is 16.4. The molecule has 3 aromatic rings. The van der Waals surface area contributed by atoms with Gasteiger partial charge >= 0.3 is 35.8 Å². The first kappa shape index (κ1) is 26.7. The Morgan fingerprint density at radius 3 is 1.11 bits per heavy atom. The van der Waals surface area contributed by atoms with E-state index in [9.17, 15) is 28.8 Å². The van der Waals surface area contributed by atoms with Gasteiger partial charge in [0.05, 0.1) is 22.3 Å². The Morgan fingerprint density at radius 1 is 0.417 bits per heavy atom. The molecule has 0 aliphatic rings. The van der Waals surface area contributed by atoms with Crippen LogP contribution in [0.3, 0.4) is 0 Å². The van der Waals surface area contributed by atoms with Crippen LogP contribution in [0.4, 0.5) is 0 Å². The van der Waals surface area contributed by atoms with Gasteiger partial charge in [0.1, 0.15) is 11.4 Å². The highest BCUT2D eigenvalue weighted by Crippen LogP contribution is 2.23. The molecule has 0 aliphatic carbocycles. The highest BCUT2D eigenvalue weighted by molar-refractivity contribution is 5.97. The lowest BCUT2D eigenvalue weighted by atomic mass is 9.99. The zero-order valence-corrected chi connectivity index (χ0v) is 17.8. The van der Waals surface area contributed by atoms with Crippen molar-refractivity contribution in [3.05, 3.63) is 88.2 Å². The molecule has 0 fully saturated rings. The zero-order chi connectivity index (χ0) is 27.2. The fourth-order valence-corrected chi connectivity index (χ4v) is 2.72. The number of hydrogen-bond donors (Lipinski definition) is 6. The van der Waals surface area contributed by atoms with Crippen molar-refractivity contribution in [2.24, 2.45) is 0 Å². The third-order valence-electron chi connectivity index (χ3n) is 4.40. The molecule has 36 heavy (non-hydrogen) atoms. The van der Waals surface area contributed by atoms with Gasteiger partial charge in [0.15, 0.2) is 0 Å². The minimum Gasteiger partial charge on any atom is -0.478 e.